The maximum absolute atomic E-state index is 9.22. The van der Waals surface area contributed by atoms with E-state index in [-0.39, 0.29) is 0 Å². The van der Waals surface area contributed by atoms with Crippen molar-refractivity contribution in [3.05, 3.63) is 0 Å². The molecule has 3 heteroatoms. The molecule has 2 atom stereocenters. The summed E-state index contributed by atoms with van der Waals surface area (Å²) in [6, 6.07) is 1.95. The molecule has 0 aromatic carbocycles. The Balaban J connectivity index is 2.01. The molecule has 2 rings (SSSR count). The van der Waals surface area contributed by atoms with Gasteiger partial charge in [0.15, 0.2) is 0 Å². The first-order valence-electron chi connectivity index (χ1n) is 7.42. The standard InChI is InChI=1S/C14H28N2O/c1-12-10-15-11-14(8-9-17)16(12)13-6-4-2-3-5-7-13/h12-15,17H,2-11H2,1H3. The van der Waals surface area contributed by atoms with E-state index >= 15 is 0 Å². The number of nitrogens with one attached hydrogen (secondary N) is 1. The molecule has 2 fully saturated rings. The van der Waals surface area contributed by atoms with Crippen LogP contribution in [0.1, 0.15) is 51.9 Å². The molecule has 1 aliphatic heterocycles. The van der Waals surface area contributed by atoms with Crippen LogP contribution >= 0.6 is 0 Å². The van der Waals surface area contributed by atoms with Gasteiger partial charge in [0, 0.05) is 37.8 Å². The molecule has 1 heterocycles. The van der Waals surface area contributed by atoms with E-state index in [9.17, 15) is 5.11 Å². The smallest absolute Gasteiger partial charge is 0.0446 e. The van der Waals surface area contributed by atoms with Gasteiger partial charge < -0.3 is 10.4 Å². The van der Waals surface area contributed by atoms with Gasteiger partial charge in [-0.1, -0.05) is 25.7 Å². The zero-order valence-electron chi connectivity index (χ0n) is 11.2. The van der Waals surface area contributed by atoms with E-state index in [2.05, 4.69) is 17.1 Å². The highest BCUT2D eigenvalue weighted by Gasteiger charge is 2.32. The van der Waals surface area contributed by atoms with Crippen LogP contribution in [0.4, 0.5) is 0 Å². The first-order chi connectivity index (χ1) is 8.33. The molecule has 100 valence electrons. The summed E-state index contributed by atoms with van der Waals surface area (Å²) in [5.74, 6) is 0. The van der Waals surface area contributed by atoms with Crippen LogP contribution in [0.25, 0.3) is 0 Å². The normalized spacial score (nSPS) is 33.5. The van der Waals surface area contributed by atoms with Gasteiger partial charge in [-0.15, -0.1) is 0 Å². The third kappa shape index (κ3) is 3.43. The fourth-order valence-corrected chi connectivity index (χ4v) is 3.64. The number of hydrogen-bond acceptors (Lipinski definition) is 3. The number of aliphatic hydroxyl groups excluding tert-OH is 1. The lowest BCUT2D eigenvalue weighted by Crippen LogP contribution is -2.59. The lowest BCUT2D eigenvalue weighted by Gasteiger charge is -2.46. The van der Waals surface area contributed by atoms with Gasteiger partial charge in [0.05, 0.1) is 0 Å². The molecule has 0 aromatic rings. The van der Waals surface area contributed by atoms with E-state index < -0.39 is 0 Å². The van der Waals surface area contributed by atoms with Crippen LogP contribution in [-0.2, 0) is 0 Å². The van der Waals surface area contributed by atoms with Crippen molar-refractivity contribution in [2.24, 2.45) is 0 Å². The minimum Gasteiger partial charge on any atom is -0.396 e. The van der Waals surface area contributed by atoms with E-state index in [0.717, 1.165) is 25.6 Å². The van der Waals surface area contributed by atoms with Crippen molar-refractivity contribution >= 4 is 0 Å². The maximum Gasteiger partial charge on any atom is 0.0446 e. The first kappa shape index (κ1) is 13.3. The molecule has 1 saturated heterocycles. The molecule has 1 saturated carbocycles. The maximum atomic E-state index is 9.22. The molecule has 0 aromatic heterocycles. The number of nitrogens with zero attached hydrogens (tertiary/aromatic N) is 1. The summed E-state index contributed by atoms with van der Waals surface area (Å²) >= 11 is 0. The van der Waals surface area contributed by atoms with Crippen LogP contribution in [0, 0.1) is 0 Å². The van der Waals surface area contributed by atoms with Crippen molar-refractivity contribution in [3.8, 4) is 0 Å². The summed E-state index contributed by atoms with van der Waals surface area (Å²) in [7, 11) is 0. The van der Waals surface area contributed by atoms with Crippen LogP contribution in [0.2, 0.25) is 0 Å². The molecule has 2 unspecified atom stereocenters. The zero-order chi connectivity index (χ0) is 12.1. The second-order valence-electron chi connectivity index (χ2n) is 5.77. The zero-order valence-corrected chi connectivity index (χ0v) is 11.2. The Bertz CT molecular complexity index is 212. The third-order valence-corrected chi connectivity index (χ3v) is 4.46. The van der Waals surface area contributed by atoms with E-state index in [1.165, 1.54) is 38.5 Å². The summed E-state index contributed by atoms with van der Waals surface area (Å²) in [5, 5.41) is 12.7. The van der Waals surface area contributed by atoms with E-state index in [4.69, 9.17) is 0 Å². The second-order valence-corrected chi connectivity index (χ2v) is 5.77. The lowest BCUT2D eigenvalue weighted by atomic mass is 9.98. The third-order valence-electron chi connectivity index (χ3n) is 4.46. The Labute approximate surface area is 106 Å². The fourth-order valence-electron chi connectivity index (χ4n) is 3.64. The highest BCUT2D eigenvalue weighted by molar-refractivity contribution is 4.90. The van der Waals surface area contributed by atoms with Crippen LogP contribution in [0.3, 0.4) is 0 Å². The van der Waals surface area contributed by atoms with Crippen LogP contribution in [0.5, 0.6) is 0 Å². The number of aliphatic hydroxyl groups is 1. The minimum absolute atomic E-state index is 0.322. The lowest BCUT2D eigenvalue weighted by molar-refractivity contribution is 0.0372. The summed E-state index contributed by atoms with van der Waals surface area (Å²) < 4.78 is 0. The van der Waals surface area contributed by atoms with Crippen LogP contribution in [-0.4, -0.2) is 47.8 Å². The van der Waals surface area contributed by atoms with Gasteiger partial charge in [-0.3, -0.25) is 4.90 Å². The molecule has 0 spiro atoms. The summed E-state index contributed by atoms with van der Waals surface area (Å²) in [6.07, 6.45) is 9.29. The Morgan fingerprint density at radius 2 is 1.82 bits per heavy atom. The SMILES string of the molecule is CC1CNCC(CCO)N1C1CCCCCC1. The molecule has 3 nitrogen and oxygen atoms in total. The molecule has 17 heavy (non-hydrogen) atoms. The molecule has 0 bridgehead atoms. The Morgan fingerprint density at radius 1 is 1.12 bits per heavy atom. The number of rotatable bonds is 3. The molecule has 0 radical (unpaired) electrons. The van der Waals surface area contributed by atoms with Crippen molar-refractivity contribution in [2.75, 3.05) is 19.7 Å². The Kier molecular flexibility index (Phi) is 5.26. The van der Waals surface area contributed by atoms with Crippen molar-refractivity contribution in [1.29, 1.82) is 0 Å². The fraction of sp³-hybridized carbons (Fsp3) is 1.00. The van der Waals surface area contributed by atoms with Crippen molar-refractivity contribution in [1.82, 2.24) is 10.2 Å². The Hall–Kier alpha value is -0.120. The highest BCUT2D eigenvalue weighted by atomic mass is 16.3. The number of hydrogen-bond donors (Lipinski definition) is 2. The highest BCUT2D eigenvalue weighted by Crippen LogP contribution is 2.27. The Morgan fingerprint density at radius 3 is 2.47 bits per heavy atom. The van der Waals surface area contributed by atoms with Crippen molar-refractivity contribution in [2.45, 2.75) is 70.0 Å². The van der Waals surface area contributed by atoms with Crippen molar-refractivity contribution in [3.63, 3.8) is 0 Å². The van der Waals surface area contributed by atoms with Gasteiger partial charge in [-0.2, -0.15) is 0 Å². The molecule has 0 amide bonds. The topological polar surface area (TPSA) is 35.5 Å². The first-order valence-corrected chi connectivity index (χ1v) is 7.42. The molecule has 2 N–H and O–H groups in total. The van der Waals surface area contributed by atoms with Gasteiger partial charge in [0.2, 0.25) is 0 Å². The predicted molar refractivity (Wildman–Crippen MR) is 71.2 cm³/mol. The largest absolute Gasteiger partial charge is 0.396 e. The van der Waals surface area contributed by atoms with Gasteiger partial charge in [-0.05, 0) is 26.2 Å². The monoisotopic (exact) mass is 240 g/mol. The molecular weight excluding hydrogens is 212 g/mol. The minimum atomic E-state index is 0.322. The molecule has 2 aliphatic rings. The quantitative estimate of drug-likeness (QED) is 0.738. The number of piperazine rings is 1. The van der Waals surface area contributed by atoms with Crippen molar-refractivity contribution < 1.29 is 5.11 Å². The van der Waals surface area contributed by atoms with E-state index in [1.54, 1.807) is 0 Å². The predicted octanol–water partition coefficient (Wildman–Crippen LogP) is 1.75. The van der Waals surface area contributed by atoms with Crippen LogP contribution < -0.4 is 5.32 Å². The van der Waals surface area contributed by atoms with Crippen LogP contribution in [0.15, 0.2) is 0 Å². The van der Waals surface area contributed by atoms with Gasteiger partial charge in [0.1, 0.15) is 0 Å². The summed E-state index contributed by atoms with van der Waals surface area (Å²) in [4.78, 5) is 2.72. The molecule has 1 aliphatic carbocycles. The van der Waals surface area contributed by atoms with E-state index in [1.807, 2.05) is 0 Å². The average Bonchev–Trinajstić information content (AvgIpc) is 2.58. The van der Waals surface area contributed by atoms with Gasteiger partial charge >= 0.3 is 0 Å². The van der Waals surface area contributed by atoms with Gasteiger partial charge in [-0.25, -0.2) is 0 Å². The van der Waals surface area contributed by atoms with Gasteiger partial charge in [0.25, 0.3) is 0 Å². The summed E-state index contributed by atoms with van der Waals surface area (Å²) in [6.45, 7) is 4.82. The second kappa shape index (κ2) is 6.72. The molecular formula is C14H28N2O. The van der Waals surface area contributed by atoms with E-state index in [0.29, 0.717) is 18.7 Å². The average molecular weight is 240 g/mol. The summed E-state index contributed by atoms with van der Waals surface area (Å²) in [5.41, 5.74) is 0.